The molecule has 0 aliphatic heterocycles. The molecule has 0 aliphatic carbocycles. The maximum absolute atomic E-state index is 11.1. The Hall–Kier alpha value is -2.62. The molecule has 0 amide bonds. The molecular weight excluding hydrogens is 252 g/mol. The van der Waals surface area contributed by atoms with Crippen LogP contribution in [0.5, 0.6) is 0 Å². The smallest absolute Gasteiger partial charge is 0.272 e. The molecular formula is C16H14N2O2. The van der Waals surface area contributed by atoms with E-state index in [1.807, 2.05) is 43.3 Å². The second kappa shape index (κ2) is 4.81. The van der Waals surface area contributed by atoms with Crippen LogP contribution in [0.25, 0.3) is 10.9 Å². The molecule has 100 valence electrons. The van der Waals surface area contributed by atoms with Gasteiger partial charge >= 0.3 is 0 Å². The first-order valence-corrected chi connectivity index (χ1v) is 6.45. The van der Waals surface area contributed by atoms with Crippen molar-refractivity contribution in [3.05, 3.63) is 75.5 Å². The van der Waals surface area contributed by atoms with E-state index in [1.165, 1.54) is 0 Å². The van der Waals surface area contributed by atoms with Crippen molar-refractivity contribution in [1.29, 1.82) is 0 Å². The van der Waals surface area contributed by atoms with E-state index in [-0.39, 0.29) is 10.6 Å². The van der Waals surface area contributed by atoms with E-state index in [4.69, 9.17) is 0 Å². The second-order valence-electron chi connectivity index (χ2n) is 4.84. The number of nitro benzene ring substituents is 1. The van der Waals surface area contributed by atoms with Gasteiger partial charge in [-0.1, -0.05) is 36.4 Å². The van der Waals surface area contributed by atoms with Crippen molar-refractivity contribution in [2.75, 3.05) is 0 Å². The number of hydrogen-bond acceptors (Lipinski definition) is 2. The van der Waals surface area contributed by atoms with Gasteiger partial charge in [0, 0.05) is 34.6 Å². The van der Waals surface area contributed by atoms with Crippen molar-refractivity contribution in [2.24, 2.45) is 0 Å². The summed E-state index contributed by atoms with van der Waals surface area (Å²) in [7, 11) is 0. The van der Waals surface area contributed by atoms with E-state index in [2.05, 4.69) is 4.98 Å². The summed E-state index contributed by atoms with van der Waals surface area (Å²) >= 11 is 0. The summed E-state index contributed by atoms with van der Waals surface area (Å²) in [4.78, 5) is 14.1. The normalized spacial score (nSPS) is 10.8. The van der Waals surface area contributed by atoms with Gasteiger partial charge in [0.25, 0.3) is 5.69 Å². The molecule has 0 aliphatic rings. The number of nitro groups is 1. The largest absolute Gasteiger partial charge is 0.358 e. The lowest BCUT2D eigenvalue weighted by molar-refractivity contribution is -0.385. The Morgan fingerprint density at radius 2 is 1.80 bits per heavy atom. The summed E-state index contributed by atoms with van der Waals surface area (Å²) in [5, 5.41) is 12.2. The van der Waals surface area contributed by atoms with Crippen molar-refractivity contribution in [1.82, 2.24) is 4.98 Å². The zero-order valence-electron chi connectivity index (χ0n) is 11.1. The number of aromatic nitrogens is 1. The third-order valence-electron chi connectivity index (χ3n) is 3.58. The molecule has 1 N–H and O–H groups in total. The van der Waals surface area contributed by atoms with E-state index in [1.54, 1.807) is 12.1 Å². The molecule has 1 aromatic heterocycles. The molecule has 0 saturated heterocycles. The van der Waals surface area contributed by atoms with Gasteiger partial charge in [0.05, 0.1) is 4.92 Å². The standard InChI is InChI=1S/C16H14N2O2/c1-11-14(13-7-3-4-8-15(13)17-11)10-12-6-2-5-9-16(12)18(19)20/h2-9,17H,10H2,1H3. The number of rotatable bonds is 3. The van der Waals surface area contributed by atoms with Gasteiger partial charge in [-0.25, -0.2) is 0 Å². The molecule has 4 nitrogen and oxygen atoms in total. The molecule has 3 rings (SSSR count). The SMILES string of the molecule is Cc1[nH]c2ccccc2c1Cc1ccccc1[N+](=O)[O-]. The Kier molecular flexibility index (Phi) is 2.99. The van der Waals surface area contributed by atoms with E-state index in [0.29, 0.717) is 6.42 Å². The van der Waals surface area contributed by atoms with Gasteiger partial charge in [0.1, 0.15) is 0 Å². The van der Waals surface area contributed by atoms with Gasteiger partial charge < -0.3 is 4.98 Å². The molecule has 0 bridgehead atoms. The number of para-hydroxylation sites is 2. The number of nitrogens with one attached hydrogen (secondary N) is 1. The van der Waals surface area contributed by atoms with Crippen LogP contribution >= 0.6 is 0 Å². The van der Waals surface area contributed by atoms with Gasteiger partial charge in [-0.15, -0.1) is 0 Å². The summed E-state index contributed by atoms with van der Waals surface area (Å²) in [5.41, 5.74) is 4.17. The summed E-state index contributed by atoms with van der Waals surface area (Å²) in [6, 6.07) is 14.9. The molecule has 3 aromatic rings. The number of H-pyrrole nitrogens is 1. The molecule has 1 heterocycles. The number of nitrogens with zero attached hydrogens (tertiary/aromatic N) is 1. The van der Waals surface area contributed by atoms with Gasteiger partial charge in [-0.3, -0.25) is 10.1 Å². The van der Waals surface area contributed by atoms with Crippen LogP contribution in [0.2, 0.25) is 0 Å². The predicted molar refractivity (Wildman–Crippen MR) is 78.9 cm³/mol. The lowest BCUT2D eigenvalue weighted by atomic mass is 10.0. The van der Waals surface area contributed by atoms with Crippen LogP contribution in [0.4, 0.5) is 5.69 Å². The third-order valence-corrected chi connectivity index (χ3v) is 3.58. The van der Waals surface area contributed by atoms with Gasteiger partial charge in [0.15, 0.2) is 0 Å². The van der Waals surface area contributed by atoms with Crippen molar-refractivity contribution in [2.45, 2.75) is 13.3 Å². The zero-order chi connectivity index (χ0) is 14.1. The fourth-order valence-corrected chi connectivity index (χ4v) is 2.59. The van der Waals surface area contributed by atoms with Crippen LogP contribution in [0.1, 0.15) is 16.8 Å². The van der Waals surface area contributed by atoms with E-state index in [0.717, 1.165) is 27.7 Å². The molecule has 4 heteroatoms. The van der Waals surface area contributed by atoms with Gasteiger partial charge in [0.2, 0.25) is 0 Å². The Morgan fingerprint density at radius 3 is 2.60 bits per heavy atom. The number of aromatic amines is 1. The molecule has 2 aromatic carbocycles. The minimum absolute atomic E-state index is 0.178. The highest BCUT2D eigenvalue weighted by molar-refractivity contribution is 5.85. The Labute approximate surface area is 116 Å². The highest BCUT2D eigenvalue weighted by Gasteiger charge is 2.16. The van der Waals surface area contributed by atoms with Crippen molar-refractivity contribution in [3.63, 3.8) is 0 Å². The molecule has 0 spiro atoms. The lowest BCUT2D eigenvalue weighted by Crippen LogP contribution is -1.97. The van der Waals surface area contributed by atoms with E-state index < -0.39 is 0 Å². The molecule has 0 atom stereocenters. The summed E-state index contributed by atoms with van der Waals surface area (Å²) < 4.78 is 0. The van der Waals surface area contributed by atoms with Crippen LogP contribution < -0.4 is 0 Å². The van der Waals surface area contributed by atoms with Crippen LogP contribution in [-0.2, 0) is 6.42 Å². The van der Waals surface area contributed by atoms with Gasteiger partial charge in [-0.2, -0.15) is 0 Å². The van der Waals surface area contributed by atoms with Crippen LogP contribution in [-0.4, -0.2) is 9.91 Å². The van der Waals surface area contributed by atoms with E-state index in [9.17, 15) is 10.1 Å². The number of fused-ring (bicyclic) bond motifs is 1. The summed E-state index contributed by atoms with van der Waals surface area (Å²) in [6.07, 6.45) is 0.562. The highest BCUT2D eigenvalue weighted by Crippen LogP contribution is 2.27. The number of hydrogen-bond donors (Lipinski definition) is 1. The first-order valence-electron chi connectivity index (χ1n) is 6.45. The second-order valence-corrected chi connectivity index (χ2v) is 4.84. The minimum atomic E-state index is -0.320. The molecule has 0 unspecified atom stereocenters. The summed E-state index contributed by atoms with van der Waals surface area (Å²) in [6.45, 7) is 2.00. The average molecular weight is 266 g/mol. The predicted octanol–water partition coefficient (Wildman–Crippen LogP) is 3.98. The minimum Gasteiger partial charge on any atom is -0.358 e. The summed E-state index contributed by atoms with van der Waals surface area (Å²) in [5.74, 6) is 0. The maximum atomic E-state index is 11.1. The van der Waals surface area contributed by atoms with Crippen LogP contribution in [0, 0.1) is 17.0 Å². The topological polar surface area (TPSA) is 58.9 Å². The number of benzene rings is 2. The monoisotopic (exact) mass is 266 g/mol. The first kappa shape index (κ1) is 12.4. The lowest BCUT2D eigenvalue weighted by Gasteiger charge is -2.03. The molecule has 0 saturated carbocycles. The van der Waals surface area contributed by atoms with Crippen LogP contribution in [0.15, 0.2) is 48.5 Å². The van der Waals surface area contributed by atoms with Crippen molar-refractivity contribution < 1.29 is 4.92 Å². The average Bonchev–Trinajstić information content (AvgIpc) is 2.76. The fourth-order valence-electron chi connectivity index (χ4n) is 2.59. The van der Waals surface area contributed by atoms with Crippen LogP contribution in [0.3, 0.4) is 0 Å². The quantitative estimate of drug-likeness (QED) is 0.576. The van der Waals surface area contributed by atoms with Gasteiger partial charge in [-0.05, 0) is 18.6 Å². The Bertz CT molecular complexity index is 790. The zero-order valence-corrected chi connectivity index (χ0v) is 11.1. The van der Waals surface area contributed by atoms with E-state index >= 15 is 0 Å². The van der Waals surface area contributed by atoms with Crippen molar-refractivity contribution in [3.8, 4) is 0 Å². The number of aryl methyl sites for hydroxylation is 1. The fraction of sp³-hybridized carbons (Fsp3) is 0.125. The molecule has 0 radical (unpaired) electrons. The highest BCUT2D eigenvalue weighted by atomic mass is 16.6. The molecule has 0 fully saturated rings. The first-order chi connectivity index (χ1) is 9.66. The van der Waals surface area contributed by atoms with Crippen molar-refractivity contribution >= 4 is 16.6 Å². The molecule has 20 heavy (non-hydrogen) atoms. The third kappa shape index (κ3) is 2.05. The maximum Gasteiger partial charge on any atom is 0.272 e. The Morgan fingerprint density at radius 1 is 1.10 bits per heavy atom. The Balaban J connectivity index is 2.10.